The van der Waals surface area contributed by atoms with Gasteiger partial charge in [0, 0.05) is 50.2 Å². The van der Waals surface area contributed by atoms with Gasteiger partial charge < -0.3 is 20.7 Å². The number of alkyl halides is 2. The summed E-state index contributed by atoms with van der Waals surface area (Å²) in [6.45, 7) is 5.45. The van der Waals surface area contributed by atoms with Crippen LogP contribution in [0.15, 0.2) is 24.3 Å². The predicted molar refractivity (Wildman–Crippen MR) is 96.3 cm³/mol. The molecule has 0 amide bonds. The number of hydrogen-bond donors (Lipinski definition) is 2. The lowest BCUT2D eigenvalue weighted by atomic mass is 10.2. The van der Waals surface area contributed by atoms with E-state index in [0.29, 0.717) is 18.3 Å². The first-order valence-corrected chi connectivity index (χ1v) is 8.83. The van der Waals surface area contributed by atoms with Crippen LogP contribution in [0.1, 0.15) is 12.0 Å². The quantitative estimate of drug-likeness (QED) is 0.425. The number of ether oxygens (including phenoxy) is 1. The predicted octanol–water partition coefficient (Wildman–Crippen LogP) is 2.43. The third-order valence-electron chi connectivity index (χ3n) is 3.26. The number of hydrogen-bond acceptors (Lipinski definition) is 4. The summed E-state index contributed by atoms with van der Waals surface area (Å²) < 4.78 is 5.44. The van der Waals surface area contributed by atoms with Crippen molar-refractivity contribution in [3.8, 4) is 0 Å². The molecule has 1 rings (SSSR count). The standard InChI is InChI=1S/C16H27Cl2N3O/c17-6-10-21(11-7-18)16-4-2-15(3-5-16)14-20-9-13-22-12-1-8-19/h2-5,20H,1,6-14,19H2. The molecule has 0 bridgehead atoms. The van der Waals surface area contributed by atoms with Crippen molar-refractivity contribution in [2.45, 2.75) is 13.0 Å². The molecule has 0 aliphatic heterocycles. The lowest BCUT2D eigenvalue weighted by molar-refractivity contribution is 0.135. The minimum absolute atomic E-state index is 0.602. The number of halogens is 2. The maximum atomic E-state index is 5.83. The molecule has 0 radical (unpaired) electrons. The Morgan fingerprint density at radius 2 is 1.73 bits per heavy atom. The summed E-state index contributed by atoms with van der Waals surface area (Å²) >= 11 is 11.7. The molecule has 0 aromatic heterocycles. The smallest absolute Gasteiger partial charge is 0.0591 e. The van der Waals surface area contributed by atoms with Crippen LogP contribution in [0.25, 0.3) is 0 Å². The highest BCUT2D eigenvalue weighted by Crippen LogP contribution is 2.15. The van der Waals surface area contributed by atoms with Gasteiger partial charge in [-0.15, -0.1) is 23.2 Å². The van der Waals surface area contributed by atoms with E-state index in [1.54, 1.807) is 0 Å². The highest BCUT2D eigenvalue weighted by molar-refractivity contribution is 6.18. The number of benzene rings is 1. The Hall–Kier alpha value is -0.520. The first kappa shape index (κ1) is 19.5. The van der Waals surface area contributed by atoms with E-state index in [1.807, 2.05) is 0 Å². The number of rotatable bonds is 13. The summed E-state index contributed by atoms with van der Waals surface area (Å²) in [5.74, 6) is 1.20. The van der Waals surface area contributed by atoms with Crippen LogP contribution in [-0.4, -0.2) is 51.2 Å². The molecule has 6 heteroatoms. The van der Waals surface area contributed by atoms with Gasteiger partial charge in [-0.25, -0.2) is 0 Å². The minimum Gasteiger partial charge on any atom is -0.380 e. The largest absolute Gasteiger partial charge is 0.380 e. The Morgan fingerprint density at radius 1 is 1.05 bits per heavy atom. The van der Waals surface area contributed by atoms with Crippen LogP contribution in [0, 0.1) is 0 Å². The van der Waals surface area contributed by atoms with Crippen molar-refractivity contribution in [3.63, 3.8) is 0 Å². The van der Waals surface area contributed by atoms with Crippen molar-refractivity contribution >= 4 is 28.9 Å². The number of nitrogens with two attached hydrogens (primary N) is 1. The second-order valence-corrected chi connectivity index (χ2v) is 5.72. The molecule has 3 N–H and O–H groups in total. The maximum absolute atomic E-state index is 5.83. The van der Waals surface area contributed by atoms with Gasteiger partial charge >= 0.3 is 0 Å². The first-order chi connectivity index (χ1) is 10.8. The van der Waals surface area contributed by atoms with Crippen LogP contribution in [-0.2, 0) is 11.3 Å². The summed E-state index contributed by atoms with van der Waals surface area (Å²) in [7, 11) is 0. The molecule has 0 unspecified atom stereocenters. The SMILES string of the molecule is NCCCOCCNCc1ccc(N(CCCl)CCCl)cc1. The van der Waals surface area contributed by atoms with Crippen LogP contribution in [0.5, 0.6) is 0 Å². The van der Waals surface area contributed by atoms with Crippen LogP contribution in [0.3, 0.4) is 0 Å². The van der Waals surface area contributed by atoms with Crippen LogP contribution in [0.2, 0.25) is 0 Å². The monoisotopic (exact) mass is 347 g/mol. The van der Waals surface area contributed by atoms with Gasteiger partial charge in [0.05, 0.1) is 6.61 Å². The lowest BCUT2D eigenvalue weighted by Crippen LogP contribution is -2.27. The number of nitrogens with zero attached hydrogens (tertiary/aromatic N) is 1. The van der Waals surface area contributed by atoms with Crippen LogP contribution in [0.4, 0.5) is 5.69 Å². The van der Waals surface area contributed by atoms with Gasteiger partial charge in [-0.3, -0.25) is 0 Å². The Morgan fingerprint density at radius 3 is 2.32 bits per heavy atom. The summed E-state index contributed by atoms with van der Waals surface area (Å²) in [4.78, 5) is 2.20. The maximum Gasteiger partial charge on any atom is 0.0591 e. The zero-order chi connectivity index (χ0) is 16.0. The molecule has 4 nitrogen and oxygen atoms in total. The second kappa shape index (κ2) is 13.0. The molecule has 0 atom stereocenters. The van der Waals surface area contributed by atoms with E-state index < -0.39 is 0 Å². The van der Waals surface area contributed by atoms with Gasteiger partial charge in [0.2, 0.25) is 0 Å². The normalized spacial score (nSPS) is 10.9. The number of nitrogens with one attached hydrogen (secondary N) is 1. The average Bonchev–Trinajstić information content (AvgIpc) is 2.54. The van der Waals surface area contributed by atoms with Crippen molar-refractivity contribution in [1.82, 2.24) is 5.32 Å². The fourth-order valence-electron chi connectivity index (χ4n) is 2.06. The Kier molecular flexibility index (Phi) is 11.5. The molecule has 0 fully saturated rings. The zero-order valence-corrected chi connectivity index (χ0v) is 14.6. The van der Waals surface area contributed by atoms with E-state index in [2.05, 4.69) is 34.5 Å². The van der Waals surface area contributed by atoms with Crippen molar-refractivity contribution in [2.24, 2.45) is 5.73 Å². The number of anilines is 1. The van der Waals surface area contributed by atoms with E-state index in [9.17, 15) is 0 Å². The fourth-order valence-corrected chi connectivity index (χ4v) is 2.47. The molecular formula is C16H27Cl2N3O. The van der Waals surface area contributed by atoms with Crippen LogP contribution < -0.4 is 16.0 Å². The van der Waals surface area contributed by atoms with E-state index in [4.69, 9.17) is 33.7 Å². The van der Waals surface area contributed by atoms with Gasteiger partial charge in [0.15, 0.2) is 0 Å². The van der Waals surface area contributed by atoms with E-state index in [-0.39, 0.29) is 0 Å². The van der Waals surface area contributed by atoms with Crippen LogP contribution >= 0.6 is 23.2 Å². The van der Waals surface area contributed by atoms with Gasteiger partial charge in [-0.1, -0.05) is 12.1 Å². The minimum atomic E-state index is 0.602. The second-order valence-electron chi connectivity index (χ2n) is 4.96. The molecule has 0 saturated carbocycles. The van der Waals surface area contributed by atoms with E-state index in [1.165, 1.54) is 5.56 Å². The van der Waals surface area contributed by atoms with Crippen molar-refractivity contribution in [2.75, 3.05) is 56.1 Å². The summed E-state index contributed by atoms with van der Waals surface area (Å²) in [5, 5.41) is 3.37. The Balaban J connectivity index is 2.28. The first-order valence-electron chi connectivity index (χ1n) is 7.76. The highest BCUT2D eigenvalue weighted by Gasteiger charge is 2.05. The van der Waals surface area contributed by atoms with Gasteiger partial charge in [0.25, 0.3) is 0 Å². The third kappa shape index (κ3) is 8.20. The summed E-state index contributed by atoms with van der Waals surface area (Å²) in [5.41, 5.74) is 7.82. The van der Waals surface area contributed by atoms with Gasteiger partial charge in [-0.05, 0) is 30.7 Å². The summed E-state index contributed by atoms with van der Waals surface area (Å²) in [6.07, 6.45) is 0.919. The zero-order valence-electron chi connectivity index (χ0n) is 13.1. The molecule has 0 aliphatic carbocycles. The van der Waals surface area contributed by atoms with Gasteiger partial charge in [-0.2, -0.15) is 0 Å². The average molecular weight is 348 g/mol. The third-order valence-corrected chi connectivity index (χ3v) is 3.59. The van der Waals surface area contributed by atoms with Crippen molar-refractivity contribution < 1.29 is 4.74 Å². The Bertz CT molecular complexity index is 370. The van der Waals surface area contributed by atoms with Crippen molar-refractivity contribution in [3.05, 3.63) is 29.8 Å². The molecule has 0 heterocycles. The molecule has 0 aliphatic rings. The van der Waals surface area contributed by atoms with Gasteiger partial charge in [0.1, 0.15) is 0 Å². The topological polar surface area (TPSA) is 50.5 Å². The molecule has 0 saturated heterocycles. The highest BCUT2D eigenvalue weighted by atomic mass is 35.5. The summed E-state index contributed by atoms with van der Waals surface area (Å²) in [6, 6.07) is 8.50. The van der Waals surface area contributed by atoms with E-state index >= 15 is 0 Å². The van der Waals surface area contributed by atoms with E-state index in [0.717, 1.165) is 51.5 Å². The molecule has 22 heavy (non-hydrogen) atoms. The van der Waals surface area contributed by atoms with Crippen molar-refractivity contribution in [1.29, 1.82) is 0 Å². The molecule has 1 aromatic rings. The molecule has 0 spiro atoms. The molecular weight excluding hydrogens is 321 g/mol. The lowest BCUT2D eigenvalue weighted by Gasteiger charge is -2.23. The Labute approximate surface area is 143 Å². The molecule has 1 aromatic carbocycles. The fraction of sp³-hybridized carbons (Fsp3) is 0.625. The molecule has 126 valence electrons.